The zero-order valence-electron chi connectivity index (χ0n) is 14.2. The Hall–Kier alpha value is -3.04. The lowest BCUT2D eigenvalue weighted by Gasteiger charge is -2.23. The number of ether oxygens (including phenoxy) is 1. The summed E-state index contributed by atoms with van der Waals surface area (Å²) in [6, 6.07) is 15.3. The number of hydrogen-bond donors (Lipinski definition) is 0. The highest BCUT2D eigenvalue weighted by Gasteiger charge is 2.53. The van der Waals surface area contributed by atoms with Crippen molar-refractivity contribution in [3.8, 4) is 12.3 Å². The fraction of sp³-hybridized carbons (Fsp3) is 0.150. The van der Waals surface area contributed by atoms with Crippen LogP contribution in [0.3, 0.4) is 0 Å². The predicted octanol–water partition coefficient (Wildman–Crippen LogP) is 3.26. The fourth-order valence-corrected chi connectivity index (χ4v) is 4.13. The highest BCUT2D eigenvalue weighted by atomic mass is 32.2. The molecule has 3 rings (SSSR count). The summed E-state index contributed by atoms with van der Waals surface area (Å²) >= 11 is 0. The first-order chi connectivity index (χ1) is 12.3. The summed E-state index contributed by atoms with van der Waals surface area (Å²) in [5, 5.41) is 0. The van der Waals surface area contributed by atoms with E-state index in [1.165, 1.54) is 12.1 Å². The van der Waals surface area contributed by atoms with E-state index in [-0.39, 0.29) is 17.0 Å². The first-order valence-electron chi connectivity index (χ1n) is 7.86. The van der Waals surface area contributed by atoms with Crippen molar-refractivity contribution in [2.24, 2.45) is 0 Å². The Morgan fingerprint density at radius 3 is 2.35 bits per heavy atom. The lowest BCUT2D eigenvalue weighted by molar-refractivity contribution is 0.108. The Kier molecular flexibility index (Phi) is 4.34. The molecule has 1 amide bonds. The molecule has 0 bridgehead atoms. The van der Waals surface area contributed by atoms with Crippen LogP contribution in [-0.4, -0.2) is 24.4 Å². The molecule has 5 nitrogen and oxygen atoms in total. The molecule has 1 aliphatic rings. The number of hydrogen-bond acceptors (Lipinski definition) is 4. The smallest absolute Gasteiger partial charge is 0.422 e. The van der Waals surface area contributed by atoms with Gasteiger partial charge in [0.1, 0.15) is 0 Å². The van der Waals surface area contributed by atoms with Gasteiger partial charge < -0.3 is 4.74 Å². The van der Waals surface area contributed by atoms with E-state index in [2.05, 4.69) is 12.5 Å². The molecular weight excluding hydrogens is 350 g/mol. The van der Waals surface area contributed by atoms with E-state index in [1.54, 1.807) is 12.1 Å². The van der Waals surface area contributed by atoms with Crippen LogP contribution in [0.4, 0.5) is 4.79 Å². The van der Waals surface area contributed by atoms with Gasteiger partial charge in [0.15, 0.2) is 0 Å². The first kappa shape index (κ1) is 17.8. The molecule has 1 unspecified atom stereocenters. The topological polar surface area (TPSA) is 63.7 Å². The number of sulfonamides is 1. The van der Waals surface area contributed by atoms with E-state index in [9.17, 15) is 13.2 Å². The van der Waals surface area contributed by atoms with Crippen molar-refractivity contribution in [2.75, 3.05) is 0 Å². The molecule has 0 aromatic heterocycles. The van der Waals surface area contributed by atoms with Gasteiger partial charge in [-0.2, -0.15) is 4.31 Å². The zero-order chi connectivity index (χ0) is 18.9. The summed E-state index contributed by atoms with van der Waals surface area (Å²) in [7, 11) is -4.16. The van der Waals surface area contributed by atoms with Gasteiger partial charge in [-0.1, -0.05) is 60.5 Å². The maximum absolute atomic E-state index is 12.9. The Morgan fingerprint density at radius 2 is 1.77 bits per heavy atom. The van der Waals surface area contributed by atoms with E-state index in [4.69, 9.17) is 11.2 Å². The van der Waals surface area contributed by atoms with Gasteiger partial charge in [0.2, 0.25) is 5.60 Å². The van der Waals surface area contributed by atoms with Crippen molar-refractivity contribution in [1.29, 1.82) is 0 Å². The Labute approximate surface area is 153 Å². The first-order valence-corrected chi connectivity index (χ1v) is 9.30. The molecule has 2 aromatic rings. The van der Waals surface area contributed by atoms with E-state index < -0.39 is 21.7 Å². The van der Waals surface area contributed by atoms with Gasteiger partial charge in [-0.15, -0.1) is 6.42 Å². The van der Waals surface area contributed by atoms with E-state index in [0.29, 0.717) is 4.31 Å². The summed E-state index contributed by atoms with van der Waals surface area (Å²) in [5.41, 5.74) is 0.0631. The SMILES string of the molecule is C#CC1(Cc2ccccc2)OC(=O)N(S(=O)(=O)c2ccc(C)cc2)C1=C. The molecular formula is C20H17NO4S. The van der Waals surface area contributed by atoms with Gasteiger partial charge in [0, 0.05) is 6.42 Å². The molecule has 1 heterocycles. The van der Waals surface area contributed by atoms with Crippen LogP contribution in [0.25, 0.3) is 0 Å². The third-order valence-electron chi connectivity index (χ3n) is 4.23. The molecule has 0 spiro atoms. The highest BCUT2D eigenvalue weighted by Crippen LogP contribution is 2.38. The average molecular weight is 367 g/mol. The number of aryl methyl sites for hydroxylation is 1. The molecule has 0 aliphatic carbocycles. The minimum atomic E-state index is -4.16. The summed E-state index contributed by atoms with van der Waals surface area (Å²) in [4.78, 5) is 12.4. The minimum Gasteiger partial charge on any atom is -0.422 e. The van der Waals surface area contributed by atoms with Gasteiger partial charge in [-0.05, 0) is 24.6 Å². The monoisotopic (exact) mass is 367 g/mol. The summed E-state index contributed by atoms with van der Waals surface area (Å²) in [5.74, 6) is 2.42. The van der Waals surface area contributed by atoms with E-state index in [0.717, 1.165) is 11.1 Å². The van der Waals surface area contributed by atoms with E-state index >= 15 is 0 Å². The standard InChI is InChI=1S/C20H17NO4S/c1-4-20(14-17-8-6-5-7-9-17)16(3)21(19(22)25-20)26(23,24)18-12-10-15(2)11-13-18/h1,5-13H,3,14H2,2H3. The fourth-order valence-electron chi connectivity index (χ4n) is 2.77. The van der Waals surface area contributed by atoms with Gasteiger partial charge >= 0.3 is 6.09 Å². The van der Waals surface area contributed by atoms with Crippen molar-refractivity contribution in [1.82, 2.24) is 4.31 Å². The van der Waals surface area contributed by atoms with Crippen LogP contribution in [0.5, 0.6) is 0 Å². The number of terminal acetylenes is 1. The van der Waals surface area contributed by atoms with Gasteiger partial charge in [0.25, 0.3) is 10.0 Å². The molecule has 6 heteroatoms. The van der Waals surface area contributed by atoms with Crippen molar-refractivity contribution in [2.45, 2.75) is 23.8 Å². The molecule has 1 aliphatic heterocycles. The Morgan fingerprint density at radius 1 is 1.15 bits per heavy atom. The van der Waals surface area contributed by atoms with Crippen molar-refractivity contribution in [3.63, 3.8) is 0 Å². The zero-order valence-corrected chi connectivity index (χ0v) is 15.0. The second-order valence-electron chi connectivity index (χ2n) is 6.03. The summed E-state index contributed by atoms with van der Waals surface area (Å²) in [6.07, 6.45) is 4.71. The summed E-state index contributed by atoms with van der Waals surface area (Å²) in [6.45, 7) is 5.61. The summed E-state index contributed by atoms with van der Waals surface area (Å²) < 4.78 is 31.7. The average Bonchev–Trinajstić information content (AvgIpc) is 2.87. The Bertz CT molecular complexity index is 1000. The molecule has 1 atom stereocenters. The number of amides is 1. The number of nitrogens with zero attached hydrogens (tertiary/aromatic N) is 1. The van der Waals surface area contributed by atoms with Gasteiger partial charge in [-0.25, -0.2) is 13.2 Å². The number of benzene rings is 2. The van der Waals surface area contributed by atoms with Crippen molar-refractivity contribution in [3.05, 3.63) is 78.0 Å². The molecule has 0 saturated carbocycles. The van der Waals surface area contributed by atoms with Crippen LogP contribution >= 0.6 is 0 Å². The van der Waals surface area contributed by atoms with Crippen LogP contribution < -0.4 is 0 Å². The minimum absolute atomic E-state index is 0.0336. The number of carbonyl (C=O) groups is 1. The molecule has 1 fully saturated rings. The van der Waals surface area contributed by atoms with Crippen molar-refractivity contribution >= 4 is 16.1 Å². The van der Waals surface area contributed by atoms with Gasteiger partial charge in [-0.3, -0.25) is 0 Å². The third-order valence-corrected chi connectivity index (χ3v) is 5.94. The van der Waals surface area contributed by atoms with Crippen LogP contribution in [0.1, 0.15) is 11.1 Å². The molecule has 1 saturated heterocycles. The molecule has 0 radical (unpaired) electrons. The molecule has 0 N–H and O–H groups in total. The maximum Gasteiger partial charge on any atom is 0.430 e. The molecule has 2 aromatic carbocycles. The largest absolute Gasteiger partial charge is 0.430 e. The predicted molar refractivity (Wildman–Crippen MR) is 97.5 cm³/mol. The molecule has 132 valence electrons. The highest BCUT2D eigenvalue weighted by molar-refractivity contribution is 7.89. The van der Waals surface area contributed by atoms with Gasteiger partial charge in [0.05, 0.1) is 10.6 Å². The van der Waals surface area contributed by atoms with Crippen LogP contribution in [0, 0.1) is 19.3 Å². The number of carbonyl (C=O) groups excluding carboxylic acids is 1. The second-order valence-corrected chi connectivity index (χ2v) is 7.82. The van der Waals surface area contributed by atoms with Crippen LogP contribution in [0.15, 0.2) is 71.8 Å². The lowest BCUT2D eigenvalue weighted by atomic mass is 9.93. The molecule has 26 heavy (non-hydrogen) atoms. The quantitative estimate of drug-likeness (QED) is 0.778. The van der Waals surface area contributed by atoms with Crippen molar-refractivity contribution < 1.29 is 17.9 Å². The van der Waals surface area contributed by atoms with E-state index in [1.807, 2.05) is 37.3 Å². The van der Waals surface area contributed by atoms with Crippen LogP contribution in [0.2, 0.25) is 0 Å². The normalized spacial score (nSPS) is 19.9. The third kappa shape index (κ3) is 2.87. The van der Waals surface area contributed by atoms with Crippen LogP contribution in [-0.2, 0) is 21.2 Å². The lowest BCUT2D eigenvalue weighted by Crippen LogP contribution is -2.35. The maximum atomic E-state index is 12.9. The second kappa shape index (κ2) is 6.36. The number of rotatable bonds is 4. The Balaban J connectivity index is 2.00. The number of cyclic esters (lactones) is 1.